The van der Waals surface area contributed by atoms with Crippen LogP contribution in [0.4, 0.5) is 0 Å². The molecule has 1 aromatic carbocycles. The molecule has 0 radical (unpaired) electrons. The van der Waals surface area contributed by atoms with Crippen molar-refractivity contribution in [3.05, 3.63) is 71.1 Å². The lowest BCUT2D eigenvalue weighted by Gasteiger charge is -2.05. The van der Waals surface area contributed by atoms with E-state index in [0.717, 1.165) is 21.3 Å². The zero-order chi connectivity index (χ0) is 14.5. The van der Waals surface area contributed by atoms with Gasteiger partial charge in [-0.05, 0) is 29.1 Å². The van der Waals surface area contributed by atoms with Crippen molar-refractivity contribution in [1.29, 1.82) is 5.26 Å². The number of nitriles is 1. The second kappa shape index (κ2) is 6.57. The summed E-state index contributed by atoms with van der Waals surface area (Å²) in [5.74, 6) is 0.816. The molecule has 21 heavy (non-hydrogen) atoms. The average Bonchev–Trinajstić information content (AvgIpc) is 3.08. The molecule has 0 atom stereocenters. The number of hydrogen-bond donors (Lipinski definition) is 0. The first kappa shape index (κ1) is 13.9. The molecule has 0 N–H and O–H groups in total. The molecule has 0 saturated carbocycles. The SMILES string of the molecule is N#Cc1ccc(-c2cccs2)nc1SCc1ccccc1. The van der Waals surface area contributed by atoms with Crippen LogP contribution in [0.1, 0.15) is 11.1 Å². The summed E-state index contributed by atoms with van der Waals surface area (Å²) in [5, 5.41) is 12.1. The minimum Gasteiger partial charge on any atom is -0.239 e. The normalized spacial score (nSPS) is 10.2. The first-order chi connectivity index (χ1) is 10.4. The zero-order valence-corrected chi connectivity index (χ0v) is 12.8. The van der Waals surface area contributed by atoms with E-state index in [2.05, 4.69) is 23.2 Å². The van der Waals surface area contributed by atoms with E-state index < -0.39 is 0 Å². The van der Waals surface area contributed by atoms with E-state index in [0.29, 0.717) is 5.56 Å². The van der Waals surface area contributed by atoms with Crippen LogP contribution in [0.5, 0.6) is 0 Å². The lowest BCUT2D eigenvalue weighted by molar-refractivity contribution is 1.12. The predicted octanol–water partition coefficient (Wildman–Crippen LogP) is 4.97. The lowest BCUT2D eigenvalue weighted by Crippen LogP contribution is -1.90. The second-order valence-corrected chi connectivity index (χ2v) is 6.32. The number of aromatic nitrogens is 1. The Labute approximate surface area is 132 Å². The molecule has 2 aromatic heterocycles. The third-order valence-corrected chi connectivity index (χ3v) is 4.93. The molecule has 3 aromatic rings. The van der Waals surface area contributed by atoms with Crippen molar-refractivity contribution in [3.8, 4) is 16.6 Å². The first-order valence-electron chi connectivity index (χ1n) is 6.48. The lowest BCUT2D eigenvalue weighted by atomic mass is 10.2. The van der Waals surface area contributed by atoms with Gasteiger partial charge in [-0.3, -0.25) is 0 Å². The molecule has 0 bridgehead atoms. The Morgan fingerprint density at radius 1 is 1.05 bits per heavy atom. The number of hydrogen-bond acceptors (Lipinski definition) is 4. The Kier molecular flexibility index (Phi) is 4.34. The second-order valence-electron chi connectivity index (χ2n) is 4.41. The summed E-state index contributed by atoms with van der Waals surface area (Å²) in [6.07, 6.45) is 0. The monoisotopic (exact) mass is 308 g/mol. The summed E-state index contributed by atoms with van der Waals surface area (Å²) >= 11 is 3.27. The maximum Gasteiger partial charge on any atom is 0.115 e. The van der Waals surface area contributed by atoms with Gasteiger partial charge in [0.25, 0.3) is 0 Å². The standard InChI is InChI=1S/C17H12N2S2/c18-11-14-8-9-15(16-7-4-10-20-16)19-17(14)21-12-13-5-2-1-3-6-13/h1-10H,12H2. The van der Waals surface area contributed by atoms with Crippen LogP contribution in [0.3, 0.4) is 0 Å². The van der Waals surface area contributed by atoms with Crippen LogP contribution >= 0.6 is 23.1 Å². The molecule has 0 spiro atoms. The Hall–Kier alpha value is -2.09. The maximum atomic E-state index is 9.24. The van der Waals surface area contributed by atoms with Crippen molar-refractivity contribution in [2.24, 2.45) is 0 Å². The summed E-state index contributed by atoms with van der Waals surface area (Å²) in [5.41, 5.74) is 2.80. The summed E-state index contributed by atoms with van der Waals surface area (Å²) in [4.78, 5) is 5.78. The highest BCUT2D eigenvalue weighted by Crippen LogP contribution is 2.29. The molecule has 0 saturated heterocycles. The summed E-state index contributed by atoms with van der Waals surface area (Å²) in [6.45, 7) is 0. The molecule has 4 heteroatoms. The number of pyridine rings is 1. The Morgan fingerprint density at radius 3 is 2.62 bits per heavy atom. The van der Waals surface area contributed by atoms with Crippen LogP contribution in [0, 0.1) is 11.3 Å². The summed E-state index contributed by atoms with van der Waals surface area (Å²) in [6, 6.07) is 20.3. The molecular formula is C17H12N2S2. The average molecular weight is 308 g/mol. The van der Waals surface area contributed by atoms with Crippen LogP contribution in [-0.2, 0) is 5.75 Å². The van der Waals surface area contributed by atoms with E-state index in [1.165, 1.54) is 5.56 Å². The van der Waals surface area contributed by atoms with Crippen molar-refractivity contribution >= 4 is 23.1 Å². The van der Waals surface area contributed by atoms with E-state index in [4.69, 9.17) is 0 Å². The minimum atomic E-state index is 0.635. The van der Waals surface area contributed by atoms with E-state index in [1.54, 1.807) is 23.1 Å². The molecule has 0 unspecified atom stereocenters. The van der Waals surface area contributed by atoms with Gasteiger partial charge in [-0.2, -0.15) is 5.26 Å². The Balaban J connectivity index is 1.86. The third kappa shape index (κ3) is 3.33. The smallest absolute Gasteiger partial charge is 0.115 e. The van der Waals surface area contributed by atoms with Crippen molar-refractivity contribution in [1.82, 2.24) is 4.98 Å². The number of nitrogens with zero attached hydrogens (tertiary/aromatic N) is 2. The van der Waals surface area contributed by atoms with Crippen molar-refractivity contribution < 1.29 is 0 Å². The van der Waals surface area contributed by atoms with E-state index in [9.17, 15) is 5.26 Å². The topological polar surface area (TPSA) is 36.7 Å². The summed E-state index contributed by atoms with van der Waals surface area (Å²) < 4.78 is 0. The molecule has 0 aliphatic rings. The van der Waals surface area contributed by atoms with Crippen LogP contribution in [0.25, 0.3) is 10.6 Å². The molecular weight excluding hydrogens is 296 g/mol. The van der Waals surface area contributed by atoms with E-state index in [1.807, 2.05) is 47.8 Å². The van der Waals surface area contributed by atoms with Crippen molar-refractivity contribution in [2.45, 2.75) is 10.8 Å². The molecule has 2 nitrogen and oxygen atoms in total. The van der Waals surface area contributed by atoms with Crippen molar-refractivity contribution in [2.75, 3.05) is 0 Å². The number of benzene rings is 1. The molecule has 0 fully saturated rings. The van der Waals surface area contributed by atoms with Gasteiger partial charge in [-0.25, -0.2) is 4.98 Å². The number of thioether (sulfide) groups is 1. The fraction of sp³-hybridized carbons (Fsp3) is 0.0588. The third-order valence-electron chi connectivity index (χ3n) is 2.97. The minimum absolute atomic E-state index is 0.635. The molecule has 102 valence electrons. The first-order valence-corrected chi connectivity index (χ1v) is 8.35. The molecule has 2 heterocycles. The highest BCUT2D eigenvalue weighted by Gasteiger charge is 2.08. The largest absolute Gasteiger partial charge is 0.239 e. The highest BCUT2D eigenvalue weighted by atomic mass is 32.2. The molecule has 0 aliphatic heterocycles. The maximum absolute atomic E-state index is 9.24. The summed E-state index contributed by atoms with van der Waals surface area (Å²) in [7, 11) is 0. The van der Waals surface area contributed by atoms with Gasteiger partial charge >= 0.3 is 0 Å². The molecule has 0 amide bonds. The van der Waals surface area contributed by atoms with Crippen molar-refractivity contribution in [3.63, 3.8) is 0 Å². The van der Waals surface area contributed by atoms with Gasteiger partial charge in [0.15, 0.2) is 0 Å². The van der Waals surface area contributed by atoms with Crippen LogP contribution in [-0.4, -0.2) is 4.98 Å². The Bertz CT molecular complexity index is 759. The van der Waals surface area contributed by atoms with E-state index >= 15 is 0 Å². The Morgan fingerprint density at radius 2 is 1.90 bits per heavy atom. The highest BCUT2D eigenvalue weighted by molar-refractivity contribution is 7.98. The molecule has 3 rings (SSSR count). The van der Waals surface area contributed by atoms with Gasteiger partial charge in [-0.15, -0.1) is 23.1 Å². The van der Waals surface area contributed by atoms with E-state index in [-0.39, 0.29) is 0 Å². The van der Waals surface area contributed by atoms with Crippen LogP contribution in [0.2, 0.25) is 0 Å². The number of thiophene rings is 1. The van der Waals surface area contributed by atoms with Crippen LogP contribution < -0.4 is 0 Å². The van der Waals surface area contributed by atoms with Crippen LogP contribution in [0.15, 0.2) is 65.0 Å². The zero-order valence-electron chi connectivity index (χ0n) is 11.2. The van der Waals surface area contributed by atoms with Gasteiger partial charge in [0.1, 0.15) is 11.1 Å². The van der Waals surface area contributed by atoms with Gasteiger partial charge in [-0.1, -0.05) is 36.4 Å². The molecule has 0 aliphatic carbocycles. The fourth-order valence-electron chi connectivity index (χ4n) is 1.92. The fourth-order valence-corrected chi connectivity index (χ4v) is 3.55. The van der Waals surface area contributed by atoms with Gasteiger partial charge < -0.3 is 0 Å². The van der Waals surface area contributed by atoms with Gasteiger partial charge in [0.2, 0.25) is 0 Å². The number of rotatable bonds is 4. The quantitative estimate of drug-likeness (QED) is 0.638. The van der Waals surface area contributed by atoms with Gasteiger partial charge in [0.05, 0.1) is 16.1 Å². The predicted molar refractivity (Wildman–Crippen MR) is 88.3 cm³/mol. The van der Waals surface area contributed by atoms with Gasteiger partial charge in [0, 0.05) is 5.75 Å².